The molecule has 0 aliphatic rings. The van der Waals surface area contributed by atoms with E-state index in [1.165, 1.54) is 6.08 Å². The number of aryl methyl sites for hydroxylation is 1. The number of ether oxygens (including phenoxy) is 2. The van der Waals surface area contributed by atoms with Crippen LogP contribution in [0.1, 0.15) is 21.5 Å². The van der Waals surface area contributed by atoms with Crippen LogP contribution < -0.4 is 14.8 Å². The minimum absolute atomic E-state index is 0.0375. The standard InChI is InChI=1S/C25H20N2O4/c1-17-4-3-5-21(14-17)27-24(28)20(16-26)15-18-6-10-23(11-7-18)31-25(29)19-8-12-22(30-2)13-9-19/h3-15H,1-2H3,(H,27,28)/b20-15+. The normalized spacial score (nSPS) is 10.7. The zero-order valence-electron chi connectivity index (χ0n) is 17.1. The van der Waals surface area contributed by atoms with E-state index in [1.54, 1.807) is 61.7 Å². The Kier molecular flexibility index (Phi) is 6.82. The van der Waals surface area contributed by atoms with E-state index in [9.17, 15) is 14.9 Å². The lowest BCUT2D eigenvalue weighted by molar-refractivity contribution is -0.112. The van der Waals surface area contributed by atoms with Gasteiger partial charge in [-0.15, -0.1) is 0 Å². The molecule has 0 atom stereocenters. The number of hydrogen-bond acceptors (Lipinski definition) is 5. The van der Waals surface area contributed by atoms with Crippen molar-refractivity contribution in [1.82, 2.24) is 0 Å². The van der Waals surface area contributed by atoms with Gasteiger partial charge in [-0.05, 0) is 72.7 Å². The Morgan fingerprint density at radius 1 is 0.968 bits per heavy atom. The molecule has 31 heavy (non-hydrogen) atoms. The van der Waals surface area contributed by atoms with Crippen LogP contribution in [-0.2, 0) is 4.79 Å². The van der Waals surface area contributed by atoms with Crippen LogP contribution in [-0.4, -0.2) is 19.0 Å². The molecule has 3 aromatic rings. The highest BCUT2D eigenvalue weighted by atomic mass is 16.5. The van der Waals surface area contributed by atoms with Crippen LogP contribution in [0.15, 0.2) is 78.4 Å². The Balaban J connectivity index is 1.67. The van der Waals surface area contributed by atoms with E-state index in [1.807, 2.05) is 31.2 Å². The van der Waals surface area contributed by atoms with Crippen molar-refractivity contribution in [3.05, 3.63) is 95.1 Å². The summed E-state index contributed by atoms with van der Waals surface area (Å²) in [5.41, 5.74) is 2.60. The van der Waals surface area contributed by atoms with Crippen LogP contribution in [0.3, 0.4) is 0 Å². The van der Waals surface area contributed by atoms with Gasteiger partial charge in [0.2, 0.25) is 0 Å². The second-order valence-corrected chi connectivity index (χ2v) is 6.68. The first kappa shape index (κ1) is 21.3. The predicted octanol–water partition coefficient (Wildman–Crippen LogP) is 4.77. The molecule has 3 rings (SSSR count). The topological polar surface area (TPSA) is 88.4 Å². The molecular formula is C25H20N2O4. The Morgan fingerprint density at radius 3 is 2.26 bits per heavy atom. The molecule has 0 aliphatic carbocycles. The molecule has 0 unspecified atom stereocenters. The summed E-state index contributed by atoms with van der Waals surface area (Å²) in [6, 6.07) is 22.3. The number of anilines is 1. The molecule has 0 aliphatic heterocycles. The lowest BCUT2D eigenvalue weighted by Gasteiger charge is -2.06. The third kappa shape index (κ3) is 5.81. The molecule has 1 amide bonds. The SMILES string of the molecule is COc1ccc(C(=O)Oc2ccc(/C=C(\C#N)C(=O)Nc3cccc(C)c3)cc2)cc1. The first-order valence-electron chi connectivity index (χ1n) is 9.44. The first-order chi connectivity index (χ1) is 15.0. The summed E-state index contributed by atoms with van der Waals surface area (Å²) in [7, 11) is 1.55. The number of esters is 1. The minimum Gasteiger partial charge on any atom is -0.497 e. The lowest BCUT2D eigenvalue weighted by Crippen LogP contribution is -2.13. The van der Waals surface area contributed by atoms with Crippen LogP contribution in [0.2, 0.25) is 0 Å². The van der Waals surface area contributed by atoms with Crippen molar-refractivity contribution in [2.24, 2.45) is 0 Å². The number of benzene rings is 3. The van der Waals surface area contributed by atoms with Crippen molar-refractivity contribution in [3.63, 3.8) is 0 Å². The van der Waals surface area contributed by atoms with Gasteiger partial charge in [-0.25, -0.2) is 4.79 Å². The fourth-order valence-corrected chi connectivity index (χ4v) is 2.76. The average Bonchev–Trinajstić information content (AvgIpc) is 2.78. The molecule has 6 heteroatoms. The maximum absolute atomic E-state index is 12.4. The van der Waals surface area contributed by atoms with E-state index in [4.69, 9.17) is 9.47 Å². The Morgan fingerprint density at radius 2 is 1.65 bits per heavy atom. The lowest BCUT2D eigenvalue weighted by atomic mass is 10.1. The number of carbonyl (C=O) groups is 2. The molecule has 0 aromatic heterocycles. The molecule has 0 spiro atoms. The quantitative estimate of drug-likeness (QED) is 0.273. The number of nitrogens with one attached hydrogen (secondary N) is 1. The van der Waals surface area contributed by atoms with Gasteiger partial charge in [0.05, 0.1) is 12.7 Å². The highest BCUT2D eigenvalue weighted by Crippen LogP contribution is 2.18. The summed E-state index contributed by atoms with van der Waals surface area (Å²) in [4.78, 5) is 24.6. The molecule has 0 saturated heterocycles. The maximum Gasteiger partial charge on any atom is 0.343 e. The van der Waals surface area contributed by atoms with Crippen LogP contribution in [0, 0.1) is 18.3 Å². The fraction of sp³-hybridized carbons (Fsp3) is 0.0800. The summed E-state index contributed by atoms with van der Waals surface area (Å²) in [6.07, 6.45) is 1.47. The van der Waals surface area contributed by atoms with Crippen LogP contribution in [0.4, 0.5) is 5.69 Å². The number of amides is 1. The minimum atomic E-state index is -0.499. The summed E-state index contributed by atoms with van der Waals surface area (Å²) in [5.74, 6) is -0.00240. The zero-order valence-corrected chi connectivity index (χ0v) is 17.1. The molecule has 0 heterocycles. The zero-order chi connectivity index (χ0) is 22.2. The molecule has 3 aromatic carbocycles. The van der Waals surface area contributed by atoms with Gasteiger partial charge in [-0.2, -0.15) is 5.26 Å². The molecule has 6 nitrogen and oxygen atoms in total. The highest BCUT2D eigenvalue weighted by molar-refractivity contribution is 6.09. The van der Waals surface area contributed by atoms with Gasteiger partial charge < -0.3 is 14.8 Å². The van der Waals surface area contributed by atoms with Crippen molar-refractivity contribution < 1.29 is 19.1 Å². The number of methoxy groups -OCH3 is 1. The molecule has 0 bridgehead atoms. The number of carbonyl (C=O) groups excluding carboxylic acids is 2. The van der Waals surface area contributed by atoms with Gasteiger partial charge >= 0.3 is 5.97 Å². The highest BCUT2D eigenvalue weighted by Gasteiger charge is 2.11. The van der Waals surface area contributed by atoms with Gasteiger partial charge in [-0.1, -0.05) is 24.3 Å². The van der Waals surface area contributed by atoms with Crippen molar-refractivity contribution in [2.75, 3.05) is 12.4 Å². The maximum atomic E-state index is 12.4. The molecule has 154 valence electrons. The van der Waals surface area contributed by atoms with E-state index in [0.29, 0.717) is 28.3 Å². The van der Waals surface area contributed by atoms with Gasteiger partial charge in [0.15, 0.2) is 0 Å². The second-order valence-electron chi connectivity index (χ2n) is 6.68. The molecular weight excluding hydrogens is 392 g/mol. The van der Waals surface area contributed by atoms with Crippen LogP contribution in [0.25, 0.3) is 6.08 Å². The van der Waals surface area contributed by atoms with Crippen molar-refractivity contribution in [3.8, 4) is 17.6 Å². The monoisotopic (exact) mass is 412 g/mol. The molecule has 1 N–H and O–H groups in total. The van der Waals surface area contributed by atoms with Crippen LogP contribution in [0.5, 0.6) is 11.5 Å². The molecule has 0 fully saturated rings. The third-order valence-corrected chi connectivity index (χ3v) is 4.37. The summed E-state index contributed by atoms with van der Waals surface area (Å²) >= 11 is 0. The second kappa shape index (κ2) is 9.90. The van der Waals surface area contributed by atoms with Crippen molar-refractivity contribution >= 4 is 23.6 Å². The smallest absolute Gasteiger partial charge is 0.343 e. The summed E-state index contributed by atoms with van der Waals surface area (Å²) in [6.45, 7) is 1.92. The average molecular weight is 412 g/mol. The van der Waals surface area contributed by atoms with E-state index in [0.717, 1.165) is 5.56 Å². The van der Waals surface area contributed by atoms with Crippen molar-refractivity contribution in [2.45, 2.75) is 6.92 Å². The fourth-order valence-electron chi connectivity index (χ4n) is 2.76. The van der Waals surface area contributed by atoms with Gasteiger partial charge in [-0.3, -0.25) is 4.79 Å². The van der Waals surface area contributed by atoms with Crippen molar-refractivity contribution in [1.29, 1.82) is 5.26 Å². The van der Waals surface area contributed by atoms with E-state index in [-0.39, 0.29) is 5.57 Å². The largest absolute Gasteiger partial charge is 0.497 e. The Bertz CT molecular complexity index is 1160. The summed E-state index contributed by atoms with van der Waals surface area (Å²) < 4.78 is 10.4. The number of hydrogen-bond donors (Lipinski definition) is 1. The van der Waals surface area contributed by atoms with E-state index >= 15 is 0 Å². The summed E-state index contributed by atoms with van der Waals surface area (Å²) in [5, 5.41) is 12.1. The van der Waals surface area contributed by atoms with Crippen LogP contribution >= 0.6 is 0 Å². The first-order valence-corrected chi connectivity index (χ1v) is 9.44. The number of nitrogens with zero attached hydrogens (tertiary/aromatic N) is 1. The van der Waals surface area contributed by atoms with E-state index in [2.05, 4.69) is 5.32 Å². The predicted molar refractivity (Wildman–Crippen MR) is 118 cm³/mol. The van der Waals surface area contributed by atoms with Gasteiger partial charge in [0, 0.05) is 5.69 Å². The van der Waals surface area contributed by atoms with Gasteiger partial charge in [0.25, 0.3) is 5.91 Å². The molecule has 0 saturated carbocycles. The van der Waals surface area contributed by atoms with Gasteiger partial charge in [0.1, 0.15) is 23.1 Å². The Labute approximate surface area is 180 Å². The number of nitriles is 1. The number of rotatable bonds is 6. The molecule has 0 radical (unpaired) electrons. The Hall–Kier alpha value is -4.37. The van der Waals surface area contributed by atoms with E-state index < -0.39 is 11.9 Å². The third-order valence-electron chi connectivity index (χ3n) is 4.37.